The third-order valence-corrected chi connectivity index (χ3v) is 5.90. The van der Waals surface area contributed by atoms with Crippen molar-refractivity contribution in [2.24, 2.45) is 0 Å². The molecule has 3 aromatic rings. The number of hydrazine groups is 1. The van der Waals surface area contributed by atoms with Crippen LogP contribution in [0.15, 0.2) is 72.8 Å². The molecule has 6 nitrogen and oxygen atoms in total. The van der Waals surface area contributed by atoms with Crippen molar-refractivity contribution in [2.75, 3.05) is 19.0 Å². The van der Waals surface area contributed by atoms with Gasteiger partial charge in [-0.05, 0) is 55.5 Å². The summed E-state index contributed by atoms with van der Waals surface area (Å²) in [5.74, 6) is -0.581. The van der Waals surface area contributed by atoms with Crippen molar-refractivity contribution in [3.05, 3.63) is 100 Å². The van der Waals surface area contributed by atoms with Gasteiger partial charge in [-0.25, -0.2) is 0 Å². The maximum absolute atomic E-state index is 13.0. The molecule has 2 N–H and O–H groups in total. The van der Waals surface area contributed by atoms with E-state index in [1.807, 2.05) is 80.7 Å². The zero-order valence-corrected chi connectivity index (χ0v) is 19.5. The van der Waals surface area contributed by atoms with E-state index >= 15 is 0 Å². The Morgan fingerprint density at radius 1 is 1.00 bits per heavy atom. The lowest BCUT2D eigenvalue weighted by molar-refractivity contribution is -0.596. The van der Waals surface area contributed by atoms with E-state index in [1.165, 1.54) is 0 Å². The van der Waals surface area contributed by atoms with E-state index in [0.29, 0.717) is 10.6 Å². The average molecular weight is 462 g/mol. The molecule has 3 aromatic carbocycles. The molecule has 0 aromatic heterocycles. The number of carbonyl (C=O) groups is 2. The maximum atomic E-state index is 13.0. The summed E-state index contributed by atoms with van der Waals surface area (Å²) >= 11 is 6.09. The topological polar surface area (TPSA) is 64.5 Å². The smallest absolute Gasteiger partial charge is 0.304 e. The second-order valence-corrected chi connectivity index (χ2v) is 8.75. The Morgan fingerprint density at radius 2 is 1.64 bits per heavy atom. The zero-order chi connectivity index (χ0) is 23.5. The van der Waals surface area contributed by atoms with Crippen LogP contribution in [0.5, 0.6) is 0 Å². The molecule has 2 atom stereocenters. The first-order chi connectivity index (χ1) is 15.8. The van der Waals surface area contributed by atoms with Gasteiger partial charge in [0.25, 0.3) is 5.91 Å². The van der Waals surface area contributed by atoms with Gasteiger partial charge in [-0.3, -0.25) is 9.59 Å². The van der Waals surface area contributed by atoms with E-state index in [9.17, 15) is 9.59 Å². The van der Waals surface area contributed by atoms with Crippen LogP contribution >= 0.6 is 11.6 Å². The van der Waals surface area contributed by atoms with Crippen molar-refractivity contribution in [3.8, 4) is 0 Å². The van der Waals surface area contributed by atoms with Gasteiger partial charge in [0.1, 0.15) is 0 Å². The number of anilines is 1. The van der Waals surface area contributed by atoms with Crippen molar-refractivity contribution in [1.29, 1.82) is 0 Å². The number of nitrogens with one attached hydrogen (secondary N) is 2. The van der Waals surface area contributed by atoms with Gasteiger partial charge in [0, 0.05) is 41.5 Å². The Bertz CT molecular complexity index is 1190. The molecule has 1 aliphatic heterocycles. The molecular weight excluding hydrogens is 436 g/mol. The number of halogens is 1. The first kappa shape index (κ1) is 22.6. The summed E-state index contributed by atoms with van der Waals surface area (Å²) in [6.45, 7) is 1.96. The first-order valence-electron chi connectivity index (χ1n) is 10.7. The Kier molecular flexibility index (Phi) is 6.47. The first-order valence-corrected chi connectivity index (χ1v) is 11.0. The highest BCUT2D eigenvalue weighted by Gasteiger charge is 2.47. The summed E-state index contributed by atoms with van der Waals surface area (Å²) in [5, 5.41) is 3.52. The predicted octanol–water partition coefficient (Wildman–Crippen LogP) is 3.73. The highest BCUT2D eigenvalue weighted by atomic mass is 35.5. The number of hydrazone groups is 1. The largest absolute Gasteiger partial charge is 0.378 e. The summed E-state index contributed by atoms with van der Waals surface area (Å²) < 4.78 is 1.75. The van der Waals surface area contributed by atoms with Crippen molar-refractivity contribution in [3.63, 3.8) is 0 Å². The van der Waals surface area contributed by atoms with Crippen molar-refractivity contribution < 1.29 is 14.3 Å². The molecule has 0 radical (unpaired) electrons. The third kappa shape index (κ3) is 5.07. The van der Waals surface area contributed by atoms with Crippen LogP contribution in [0.3, 0.4) is 0 Å². The van der Waals surface area contributed by atoms with E-state index < -0.39 is 12.1 Å². The second kappa shape index (κ2) is 9.46. The molecule has 0 aliphatic carbocycles. The Hall–Kier alpha value is -3.64. The molecule has 4 rings (SSSR count). The van der Waals surface area contributed by atoms with Gasteiger partial charge in [-0.2, -0.15) is 0 Å². The molecule has 168 valence electrons. The van der Waals surface area contributed by atoms with Crippen LogP contribution in [0.1, 0.15) is 33.1 Å². The molecular formula is C26H26ClN4O2+. The van der Waals surface area contributed by atoms with Gasteiger partial charge in [0.05, 0.1) is 0 Å². The number of nitrogens with zero attached hydrogens (tertiary/aromatic N) is 2. The van der Waals surface area contributed by atoms with E-state index in [0.717, 1.165) is 22.4 Å². The second-order valence-electron chi connectivity index (χ2n) is 8.31. The van der Waals surface area contributed by atoms with Crippen molar-refractivity contribution in [1.82, 2.24) is 10.7 Å². The Balaban J connectivity index is 1.68. The summed E-state index contributed by atoms with van der Waals surface area (Å²) in [6.07, 6.45) is 1.87. The summed E-state index contributed by atoms with van der Waals surface area (Å²) in [4.78, 5) is 27.9. The number of rotatable bonds is 5. The number of hydrogen-bond acceptors (Lipinski definition) is 3. The van der Waals surface area contributed by atoms with Gasteiger partial charge in [0.15, 0.2) is 6.04 Å². The summed E-state index contributed by atoms with van der Waals surface area (Å²) in [7, 11) is 3.97. The lowest BCUT2D eigenvalue weighted by Crippen LogP contribution is -2.42. The van der Waals surface area contributed by atoms with Crippen LogP contribution in [0.25, 0.3) is 0 Å². The number of aryl methyl sites for hydroxylation is 1. The molecule has 33 heavy (non-hydrogen) atoms. The van der Waals surface area contributed by atoms with Gasteiger partial charge < -0.3 is 10.2 Å². The molecule has 0 bridgehead atoms. The highest BCUT2D eigenvalue weighted by molar-refractivity contribution is 6.30. The normalized spacial score (nSPS) is 18.8. The molecule has 1 aliphatic rings. The molecule has 0 unspecified atom stereocenters. The molecule has 0 spiro atoms. The minimum absolute atomic E-state index is 0.281. The van der Waals surface area contributed by atoms with E-state index in [-0.39, 0.29) is 11.8 Å². The highest BCUT2D eigenvalue weighted by Crippen LogP contribution is 2.27. The molecule has 1 saturated heterocycles. The van der Waals surface area contributed by atoms with E-state index in [4.69, 9.17) is 11.6 Å². The van der Waals surface area contributed by atoms with Gasteiger partial charge >= 0.3 is 5.91 Å². The Labute approximate surface area is 198 Å². The predicted molar refractivity (Wildman–Crippen MR) is 131 cm³/mol. The number of amides is 2. The quantitative estimate of drug-likeness (QED) is 0.569. The molecule has 1 fully saturated rings. The molecule has 7 heteroatoms. The monoisotopic (exact) mass is 461 g/mol. The Morgan fingerprint density at radius 3 is 2.24 bits per heavy atom. The fraction of sp³-hybridized carbons (Fsp3) is 0.192. The third-order valence-electron chi connectivity index (χ3n) is 5.65. The minimum atomic E-state index is -0.780. The van der Waals surface area contributed by atoms with Crippen molar-refractivity contribution >= 4 is 35.3 Å². The fourth-order valence-corrected chi connectivity index (χ4v) is 3.92. The zero-order valence-electron chi connectivity index (χ0n) is 18.7. The number of carbonyl (C=O) groups excluding carboxylic acids is 2. The van der Waals surface area contributed by atoms with Gasteiger partial charge in [-0.1, -0.05) is 41.4 Å². The summed E-state index contributed by atoms with van der Waals surface area (Å²) in [5.41, 5.74) is 7.32. The van der Waals surface area contributed by atoms with Crippen LogP contribution in [0.4, 0.5) is 5.69 Å². The lowest BCUT2D eigenvalue weighted by Gasteiger charge is -2.15. The van der Waals surface area contributed by atoms with Crippen molar-refractivity contribution in [2.45, 2.75) is 19.0 Å². The minimum Gasteiger partial charge on any atom is -0.378 e. The van der Waals surface area contributed by atoms with Crippen LogP contribution in [-0.2, 0) is 4.79 Å². The molecule has 0 saturated carbocycles. The maximum Gasteiger partial charge on any atom is 0.304 e. The van der Waals surface area contributed by atoms with Crippen LogP contribution in [0.2, 0.25) is 5.02 Å². The average Bonchev–Trinajstić information content (AvgIpc) is 3.09. The fourth-order valence-electron chi connectivity index (χ4n) is 3.79. The van der Waals surface area contributed by atoms with E-state index in [1.54, 1.807) is 28.9 Å². The van der Waals surface area contributed by atoms with E-state index in [2.05, 4.69) is 10.7 Å². The standard InChI is InChI=1S/C26H25ClN4O2/c1-17-4-8-20(9-5-17)25(32)28-23-24(19-10-12-21(27)13-11-19)31(29-26(23)33)16-18-6-14-22(15-7-18)30(2)3/h4-16,23-24H,1-3H3,(H-,28,29,32,33)/p+1/t23-,24-/m0/s1. The molecule has 2 amide bonds. The lowest BCUT2D eigenvalue weighted by atomic mass is 9.99. The van der Waals surface area contributed by atoms with Gasteiger partial charge in [-0.15, -0.1) is 10.1 Å². The van der Waals surface area contributed by atoms with Crippen LogP contribution in [0, 0.1) is 6.92 Å². The SMILES string of the molecule is Cc1ccc(C(=O)N[C@@H]2C(=O)N/[N+](=C\c3ccc(N(C)C)cc3)[C@H]2c2ccc(Cl)cc2)cc1. The number of benzene rings is 3. The number of hydrogen-bond donors (Lipinski definition) is 2. The summed E-state index contributed by atoms with van der Waals surface area (Å²) in [6, 6.07) is 21.3. The van der Waals surface area contributed by atoms with Crippen LogP contribution < -0.4 is 15.6 Å². The van der Waals surface area contributed by atoms with Crippen LogP contribution in [-0.4, -0.2) is 42.9 Å². The molecule has 1 heterocycles. The van der Waals surface area contributed by atoms with Gasteiger partial charge in [0.2, 0.25) is 12.3 Å².